The van der Waals surface area contributed by atoms with Gasteiger partial charge in [-0.3, -0.25) is 0 Å². The van der Waals surface area contributed by atoms with Crippen molar-refractivity contribution in [2.45, 2.75) is 83.5 Å². The molecule has 0 saturated carbocycles. The molecule has 1 heterocycles. The van der Waals surface area contributed by atoms with Crippen molar-refractivity contribution >= 4 is 19.4 Å². The summed E-state index contributed by atoms with van der Waals surface area (Å²) in [6, 6.07) is 0.342. The molecule has 27 heavy (non-hydrogen) atoms. The lowest BCUT2D eigenvalue weighted by atomic mass is 10.2. The summed E-state index contributed by atoms with van der Waals surface area (Å²) < 4.78 is 61.3. The first kappa shape index (κ1) is 24.5. The van der Waals surface area contributed by atoms with Gasteiger partial charge in [0.05, 0.1) is 11.7 Å². The first-order chi connectivity index (χ1) is 12.1. The minimum atomic E-state index is -4.58. The maximum Gasteiger partial charge on any atom is 0.449 e. The SMILES string of the molecule is CC[C@H](N[S@+]([O-])C(C)(C)C)c1cn(COCC[Si](C)(C)C)c(C(F)(F)F)n1. The van der Waals surface area contributed by atoms with E-state index in [0.29, 0.717) is 13.0 Å². The third-order valence-corrected chi connectivity index (χ3v) is 7.16. The van der Waals surface area contributed by atoms with Crippen LogP contribution in [0.15, 0.2) is 6.20 Å². The number of halogens is 3. The van der Waals surface area contributed by atoms with E-state index in [4.69, 9.17) is 4.74 Å². The van der Waals surface area contributed by atoms with Gasteiger partial charge in [-0.1, -0.05) is 26.6 Å². The van der Waals surface area contributed by atoms with Crippen molar-refractivity contribution in [2.75, 3.05) is 6.61 Å². The monoisotopic (exact) mass is 427 g/mol. The van der Waals surface area contributed by atoms with Crippen molar-refractivity contribution in [1.29, 1.82) is 0 Å². The predicted molar refractivity (Wildman–Crippen MR) is 105 cm³/mol. The fraction of sp³-hybridized carbons (Fsp3) is 0.824. The van der Waals surface area contributed by atoms with Gasteiger partial charge in [0, 0.05) is 32.2 Å². The fourth-order valence-electron chi connectivity index (χ4n) is 2.13. The Balaban J connectivity index is 2.96. The van der Waals surface area contributed by atoms with Crippen LogP contribution in [-0.4, -0.2) is 33.5 Å². The molecule has 1 rings (SSSR count). The highest BCUT2D eigenvalue weighted by atomic mass is 32.2. The maximum atomic E-state index is 13.4. The first-order valence-corrected chi connectivity index (χ1v) is 13.9. The quantitative estimate of drug-likeness (QED) is 0.352. The van der Waals surface area contributed by atoms with Crippen LogP contribution in [0.3, 0.4) is 0 Å². The van der Waals surface area contributed by atoms with Crippen LogP contribution < -0.4 is 4.72 Å². The lowest BCUT2D eigenvalue weighted by Crippen LogP contribution is -2.41. The highest BCUT2D eigenvalue weighted by Crippen LogP contribution is 2.31. The van der Waals surface area contributed by atoms with Gasteiger partial charge < -0.3 is 13.9 Å². The molecular weight excluding hydrogens is 395 g/mol. The van der Waals surface area contributed by atoms with Crippen LogP contribution in [0.1, 0.15) is 51.7 Å². The second-order valence-electron chi connectivity index (χ2n) is 8.76. The molecule has 0 saturated heterocycles. The van der Waals surface area contributed by atoms with Crippen molar-refractivity contribution in [1.82, 2.24) is 14.3 Å². The van der Waals surface area contributed by atoms with E-state index in [-0.39, 0.29) is 12.4 Å². The van der Waals surface area contributed by atoms with Crippen LogP contribution >= 0.6 is 0 Å². The third kappa shape index (κ3) is 8.14. The molecule has 1 N–H and O–H groups in total. The number of nitrogens with zero attached hydrogens (tertiary/aromatic N) is 2. The Morgan fingerprint density at radius 2 is 1.89 bits per heavy atom. The van der Waals surface area contributed by atoms with Crippen LogP contribution in [-0.2, 0) is 29.0 Å². The summed E-state index contributed by atoms with van der Waals surface area (Å²) in [6.07, 6.45) is -2.77. The number of hydrogen-bond acceptors (Lipinski definition) is 4. The Hall–Kier alpha value is -0.553. The number of ether oxygens (including phenoxy) is 1. The molecule has 0 bridgehead atoms. The largest absolute Gasteiger partial charge is 0.598 e. The Labute approximate surface area is 164 Å². The van der Waals surface area contributed by atoms with Crippen LogP contribution in [0.5, 0.6) is 0 Å². The molecule has 1 aromatic heterocycles. The summed E-state index contributed by atoms with van der Waals surface area (Å²) in [7, 11) is -1.32. The number of imidazole rings is 1. The lowest BCUT2D eigenvalue weighted by Gasteiger charge is -2.26. The van der Waals surface area contributed by atoms with Gasteiger partial charge in [-0.2, -0.15) is 13.2 Å². The average Bonchev–Trinajstić information content (AvgIpc) is 2.91. The molecule has 0 aliphatic rings. The Bertz CT molecular complexity index is 598. The molecular formula is C17H32F3N3O2SSi. The summed E-state index contributed by atoms with van der Waals surface area (Å²) in [5.74, 6) is -0.993. The molecule has 0 aliphatic heterocycles. The smallest absolute Gasteiger partial charge is 0.449 e. The normalized spacial score (nSPS) is 15.8. The van der Waals surface area contributed by atoms with Gasteiger partial charge in [-0.05, 0) is 33.2 Å². The molecule has 1 aromatic rings. The molecule has 10 heteroatoms. The minimum Gasteiger partial charge on any atom is -0.598 e. The van der Waals surface area contributed by atoms with E-state index in [9.17, 15) is 17.7 Å². The van der Waals surface area contributed by atoms with Crippen LogP contribution in [0.25, 0.3) is 0 Å². The van der Waals surface area contributed by atoms with Gasteiger partial charge in [0.25, 0.3) is 0 Å². The molecule has 0 aromatic carbocycles. The summed E-state index contributed by atoms with van der Waals surface area (Å²) in [4.78, 5) is 3.78. The zero-order chi connectivity index (χ0) is 21.0. The molecule has 0 unspecified atom stereocenters. The van der Waals surface area contributed by atoms with Crippen LogP contribution in [0.2, 0.25) is 25.7 Å². The predicted octanol–water partition coefficient (Wildman–Crippen LogP) is 4.72. The van der Waals surface area contributed by atoms with E-state index in [0.717, 1.165) is 10.6 Å². The summed E-state index contributed by atoms with van der Waals surface area (Å²) in [5.41, 5.74) is 0.219. The average molecular weight is 428 g/mol. The highest BCUT2D eigenvalue weighted by molar-refractivity contribution is 7.90. The van der Waals surface area contributed by atoms with E-state index in [1.807, 2.05) is 6.92 Å². The van der Waals surface area contributed by atoms with Gasteiger partial charge in [0.2, 0.25) is 5.82 Å². The minimum absolute atomic E-state index is 0.203. The number of hydrogen-bond donors (Lipinski definition) is 1. The van der Waals surface area contributed by atoms with Crippen molar-refractivity contribution in [2.24, 2.45) is 0 Å². The van der Waals surface area contributed by atoms with Gasteiger partial charge in [-0.15, -0.1) is 4.72 Å². The Kier molecular flexibility index (Phi) is 8.43. The first-order valence-electron chi connectivity index (χ1n) is 9.05. The van der Waals surface area contributed by atoms with Crippen LogP contribution in [0, 0.1) is 0 Å². The molecule has 0 radical (unpaired) electrons. The van der Waals surface area contributed by atoms with E-state index in [2.05, 4.69) is 29.3 Å². The summed E-state index contributed by atoms with van der Waals surface area (Å²) in [5, 5.41) is 0. The van der Waals surface area contributed by atoms with Gasteiger partial charge in [0.1, 0.15) is 11.5 Å². The van der Waals surface area contributed by atoms with E-state index in [1.165, 1.54) is 6.20 Å². The molecule has 158 valence electrons. The third-order valence-electron chi connectivity index (χ3n) is 3.85. The second kappa shape index (κ2) is 9.30. The molecule has 0 amide bonds. The Morgan fingerprint density at radius 1 is 1.30 bits per heavy atom. The van der Waals surface area contributed by atoms with Crippen molar-refractivity contribution in [3.63, 3.8) is 0 Å². The van der Waals surface area contributed by atoms with Crippen molar-refractivity contribution in [3.8, 4) is 0 Å². The molecule has 2 atom stereocenters. The number of alkyl halides is 3. The molecule has 0 fully saturated rings. The number of nitrogens with one attached hydrogen (secondary N) is 1. The Morgan fingerprint density at radius 3 is 2.33 bits per heavy atom. The van der Waals surface area contributed by atoms with Crippen molar-refractivity contribution in [3.05, 3.63) is 17.7 Å². The highest BCUT2D eigenvalue weighted by Gasteiger charge is 2.38. The van der Waals surface area contributed by atoms with E-state index in [1.54, 1.807) is 20.8 Å². The molecule has 0 aliphatic carbocycles. The standard InChI is InChI=1S/C17H32F3N3O2SSi/c1-8-13(22-26(24)16(2,3)4)14-11-23(15(21-14)17(18,19)20)12-25-9-10-27(5,6)7/h11,13,22H,8-10,12H2,1-7H3/t13-,26+/m0/s1. The fourth-order valence-corrected chi connectivity index (χ4v) is 3.78. The van der Waals surface area contributed by atoms with Gasteiger partial charge >= 0.3 is 6.18 Å². The topological polar surface area (TPSA) is 62.1 Å². The van der Waals surface area contributed by atoms with Crippen LogP contribution in [0.4, 0.5) is 13.2 Å². The lowest BCUT2D eigenvalue weighted by molar-refractivity contribution is -0.149. The maximum absolute atomic E-state index is 13.4. The molecule has 5 nitrogen and oxygen atoms in total. The molecule has 0 spiro atoms. The number of rotatable bonds is 9. The van der Waals surface area contributed by atoms with Crippen molar-refractivity contribution < 1.29 is 22.5 Å². The number of aromatic nitrogens is 2. The van der Waals surface area contributed by atoms with E-state index >= 15 is 0 Å². The van der Waals surface area contributed by atoms with Gasteiger partial charge in [0.15, 0.2) is 0 Å². The van der Waals surface area contributed by atoms with E-state index < -0.39 is 42.2 Å². The summed E-state index contributed by atoms with van der Waals surface area (Å²) in [6.45, 7) is 14.0. The zero-order valence-electron chi connectivity index (χ0n) is 17.2. The van der Waals surface area contributed by atoms with Gasteiger partial charge in [-0.25, -0.2) is 4.98 Å². The second-order valence-corrected chi connectivity index (χ2v) is 16.4. The zero-order valence-corrected chi connectivity index (χ0v) is 19.1. The summed E-state index contributed by atoms with van der Waals surface area (Å²) >= 11 is -1.41.